The van der Waals surface area contributed by atoms with Gasteiger partial charge in [0, 0.05) is 7.05 Å². The molecule has 0 saturated carbocycles. The summed E-state index contributed by atoms with van der Waals surface area (Å²) in [6, 6.07) is 26.7. The normalized spacial score (nSPS) is 15.3. The Hall–Kier alpha value is -4.56. The second-order valence-corrected chi connectivity index (χ2v) is 9.80. The Morgan fingerprint density at radius 2 is 1.69 bits per heavy atom. The fourth-order valence-corrected chi connectivity index (χ4v) is 5.07. The molecule has 1 saturated heterocycles. The first-order valence-electron chi connectivity index (χ1n) is 12.2. The lowest BCUT2D eigenvalue weighted by Gasteiger charge is -2.12. The average Bonchev–Trinajstić information content (AvgIpc) is 3.23. The van der Waals surface area contributed by atoms with Gasteiger partial charge in [0.2, 0.25) is 0 Å². The molecule has 0 unspecified atom stereocenters. The Kier molecular flexibility index (Phi) is 7.65. The quantitative estimate of drug-likeness (QED) is 0.199. The predicted molar refractivity (Wildman–Crippen MR) is 154 cm³/mol. The van der Waals surface area contributed by atoms with E-state index < -0.39 is 5.97 Å². The standard InChI is InChI=1S/C31H26N2O5S/c1-33-29(34)28(39-31(33)32-25-13-11-23(12-14-25)30(35)37-3)18-20-9-15-26(27(17-20)36-2)38-19-21-8-10-22-6-4-5-7-24(22)16-21/h4-18H,19H2,1-3H3/b28-18-,32-31?. The second kappa shape index (κ2) is 11.4. The summed E-state index contributed by atoms with van der Waals surface area (Å²) in [6.07, 6.45) is 1.81. The molecule has 0 N–H and O–H groups in total. The van der Waals surface area contributed by atoms with Crippen LogP contribution in [0.15, 0.2) is 94.8 Å². The van der Waals surface area contributed by atoms with E-state index in [0.29, 0.717) is 39.4 Å². The van der Waals surface area contributed by atoms with Crippen LogP contribution in [0.25, 0.3) is 16.8 Å². The van der Waals surface area contributed by atoms with Crippen LogP contribution in [-0.4, -0.2) is 43.2 Å². The molecule has 1 aliphatic heterocycles. The van der Waals surface area contributed by atoms with Gasteiger partial charge in [-0.2, -0.15) is 0 Å². The van der Waals surface area contributed by atoms with Crippen molar-refractivity contribution in [3.63, 3.8) is 0 Å². The Balaban J connectivity index is 1.30. The number of fused-ring (bicyclic) bond motifs is 1. The van der Waals surface area contributed by atoms with Crippen molar-refractivity contribution in [1.82, 2.24) is 4.90 Å². The van der Waals surface area contributed by atoms with Crippen LogP contribution in [0, 0.1) is 0 Å². The third kappa shape index (κ3) is 5.81. The molecule has 0 radical (unpaired) electrons. The third-order valence-corrected chi connectivity index (χ3v) is 7.27. The fraction of sp³-hybridized carbons (Fsp3) is 0.129. The topological polar surface area (TPSA) is 77.4 Å². The number of methoxy groups -OCH3 is 2. The molecule has 0 bridgehead atoms. The maximum Gasteiger partial charge on any atom is 0.337 e. The molecule has 39 heavy (non-hydrogen) atoms. The lowest BCUT2D eigenvalue weighted by molar-refractivity contribution is -0.121. The number of thioether (sulfide) groups is 1. The number of benzene rings is 4. The maximum atomic E-state index is 12.9. The minimum absolute atomic E-state index is 0.152. The van der Waals surface area contributed by atoms with Gasteiger partial charge in [-0.25, -0.2) is 9.79 Å². The number of amides is 1. The van der Waals surface area contributed by atoms with E-state index in [1.54, 1.807) is 38.4 Å². The number of nitrogens with zero attached hydrogens (tertiary/aromatic N) is 2. The molecule has 1 fully saturated rings. The van der Waals surface area contributed by atoms with Gasteiger partial charge in [0.05, 0.1) is 30.4 Å². The number of likely N-dealkylation sites (N-methyl/N-ethyl adjacent to an activating group) is 1. The van der Waals surface area contributed by atoms with Gasteiger partial charge in [0.1, 0.15) is 6.61 Å². The maximum absolute atomic E-state index is 12.9. The van der Waals surface area contributed by atoms with Gasteiger partial charge >= 0.3 is 5.97 Å². The third-order valence-electron chi connectivity index (χ3n) is 6.21. The monoisotopic (exact) mass is 538 g/mol. The lowest BCUT2D eigenvalue weighted by atomic mass is 10.1. The zero-order valence-electron chi connectivity index (χ0n) is 21.7. The van der Waals surface area contributed by atoms with E-state index in [9.17, 15) is 9.59 Å². The highest BCUT2D eigenvalue weighted by atomic mass is 32.2. The fourth-order valence-electron chi connectivity index (χ4n) is 4.09. The van der Waals surface area contributed by atoms with E-state index in [1.807, 2.05) is 36.4 Å². The number of amidine groups is 1. The first-order valence-corrected chi connectivity index (χ1v) is 13.0. The van der Waals surface area contributed by atoms with Crippen LogP contribution in [0.4, 0.5) is 5.69 Å². The zero-order chi connectivity index (χ0) is 27.4. The smallest absolute Gasteiger partial charge is 0.337 e. The lowest BCUT2D eigenvalue weighted by Crippen LogP contribution is -2.23. The number of carbonyl (C=O) groups excluding carboxylic acids is 2. The van der Waals surface area contributed by atoms with Crippen molar-refractivity contribution >= 4 is 51.3 Å². The van der Waals surface area contributed by atoms with Crippen LogP contribution in [0.3, 0.4) is 0 Å². The minimum Gasteiger partial charge on any atom is -0.493 e. The zero-order valence-corrected chi connectivity index (χ0v) is 22.5. The van der Waals surface area contributed by atoms with Crippen LogP contribution in [-0.2, 0) is 16.1 Å². The Bertz CT molecular complexity index is 1610. The van der Waals surface area contributed by atoms with E-state index in [4.69, 9.17) is 14.2 Å². The summed E-state index contributed by atoms with van der Waals surface area (Å²) in [7, 11) is 4.61. The number of hydrogen-bond acceptors (Lipinski definition) is 7. The highest BCUT2D eigenvalue weighted by molar-refractivity contribution is 8.18. The van der Waals surface area contributed by atoms with E-state index in [0.717, 1.165) is 16.5 Å². The molecule has 8 heteroatoms. The summed E-state index contributed by atoms with van der Waals surface area (Å²) in [5.41, 5.74) is 2.92. The molecule has 5 rings (SSSR count). The van der Waals surface area contributed by atoms with Crippen molar-refractivity contribution in [2.75, 3.05) is 21.3 Å². The Morgan fingerprint density at radius 3 is 2.44 bits per heavy atom. The summed E-state index contributed by atoms with van der Waals surface area (Å²) in [5, 5.41) is 2.89. The highest BCUT2D eigenvalue weighted by Crippen LogP contribution is 2.35. The average molecular weight is 539 g/mol. The molecule has 1 aliphatic rings. The summed E-state index contributed by atoms with van der Waals surface area (Å²) < 4.78 is 16.4. The number of rotatable bonds is 7. The number of esters is 1. The van der Waals surface area contributed by atoms with Crippen LogP contribution < -0.4 is 9.47 Å². The van der Waals surface area contributed by atoms with Gasteiger partial charge in [-0.05, 0) is 82.2 Å². The molecule has 7 nitrogen and oxygen atoms in total. The summed E-state index contributed by atoms with van der Waals surface area (Å²) in [4.78, 5) is 31.2. The molecular formula is C31H26N2O5S. The second-order valence-electron chi connectivity index (χ2n) is 8.79. The molecule has 0 spiro atoms. The predicted octanol–water partition coefficient (Wildman–Crippen LogP) is 6.45. The molecular weight excluding hydrogens is 512 g/mol. The van der Waals surface area contributed by atoms with Gasteiger partial charge in [-0.3, -0.25) is 9.69 Å². The van der Waals surface area contributed by atoms with Crippen LogP contribution in [0.2, 0.25) is 0 Å². The van der Waals surface area contributed by atoms with Gasteiger partial charge in [-0.1, -0.05) is 42.5 Å². The number of aliphatic imine (C=N–C) groups is 1. The molecule has 0 aromatic heterocycles. The minimum atomic E-state index is -0.414. The highest BCUT2D eigenvalue weighted by Gasteiger charge is 2.30. The SMILES string of the molecule is COC(=O)c1ccc(N=C2S/C(=C\c3ccc(OCc4ccc5ccccc5c4)c(OC)c3)C(=O)N2C)cc1. The van der Waals surface area contributed by atoms with Gasteiger partial charge in [0.25, 0.3) is 5.91 Å². The largest absolute Gasteiger partial charge is 0.493 e. The van der Waals surface area contributed by atoms with Crippen molar-refractivity contribution in [1.29, 1.82) is 0 Å². The molecule has 1 amide bonds. The van der Waals surface area contributed by atoms with Crippen molar-refractivity contribution in [2.24, 2.45) is 4.99 Å². The molecule has 4 aromatic rings. The van der Waals surface area contributed by atoms with E-state index in [1.165, 1.54) is 29.2 Å². The molecule has 1 heterocycles. The molecule has 196 valence electrons. The van der Waals surface area contributed by atoms with Crippen LogP contribution in [0.5, 0.6) is 11.5 Å². The number of carbonyl (C=O) groups is 2. The van der Waals surface area contributed by atoms with Crippen molar-refractivity contribution in [3.8, 4) is 11.5 Å². The van der Waals surface area contributed by atoms with Gasteiger partial charge in [0.15, 0.2) is 16.7 Å². The Morgan fingerprint density at radius 1 is 0.923 bits per heavy atom. The number of ether oxygens (including phenoxy) is 3. The van der Waals surface area contributed by atoms with Crippen molar-refractivity contribution < 1.29 is 23.8 Å². The summed E-state index contributed by atoms with van der Waals surface area (Å²) in [6.45, 7) is 0.404. The summed E-state index contributed by atoms with van der Waals surface area (Å²) >= 11 is 1.28. The van der Waals surface area contributed by atoms with Gasteiger partial charge < -0.3 is 14.2 Å². The van der Waals surface area contributed by atoms with Crippen molar-refractivity contribution in [2.45, 2.75) is 6.61 Å². The van der Waals surface area contributed by atoms with E-state index in [-0.39, 0.29) is 5.91 Å². The van der Waals surface area contributed by atoms with Crippen molar-refractivity contribution in [3.05, 3.63) is 107 Å². The van der Waals surface area contributed by atoms with Gasteiger partial charge in [-0.15, -0.1) is 0 Å². The van der Waals surface area contributed by atoms with Crippen LogP contribution >= 0.6 is 11.8 Å². The molecule has 0 atom stereocenters. The van der Waals surface area contributed by atoms with E-state index >= 15 is 0 Å². The number of hydrogen-bond donors (Lipinski definition) is 0. The van der Waals surface area contributed by atoms with E-state index in [2.05, 4.69) is 35.3 Å². The first kappa shape index (κ1) is 26.1. The van der Waals surface area contributed by atoms with Crippen LogP contribution in [0.1, 0.15) is 21.5 Å². The first-order chi connectivity index (χ1) is 18.9. The summed E-state index contributed by atoms with van der Waals surface area (Å²) in [5.74, 6) is 0.629. The molecule has 0 aliphatic carbocycles. The Labute approximate surface area is 230 Å². The molecule has 4 aromatic carbocycles.